The number of benzene rings is 1. The predicted octanol–water partition coefficient (Wildman–Crippen LogP) is 2.21. The minimum Gasteiger partial charge on any atom is -0.364 e. The molecule has 102 valence electrons. The average molecular weight is 276 g/mol. The van der Waals surface area contributed by atoms with Crippen LogP contribution in [0.3, 0.4) is 0 Å². The molecule has 5 nitrogen and oxygen atoms in total. The summed E-state index contributed by atoms with van der Waals surface area (Å²) in [4.78, 5) is 15.1. The number of rotatable bonds is 2. The van der Waals surface area contributed by atoms with Gasteiger partial charge in [-0.3, -0.25) is 9.78 Å². The highest BCUT2D eigenvalue weighted by molar-refractivity contribution is 5.95. The van der Waals surface area contributed by atoms with Crippen LogP contribution in [0, 0.1) is 11.3 Å². The molecule has 0 bridgehead atoms. The van der Waals surface area contributed by atoms with Crippen LogP contribution in [0.5, 0.6) is 0 Å². The Morgan fingerprint density at radius 1 is 1.29 bits per heavy atom. The van der Waals surface area contributed by atoms with Crippen molar-refractivity contribution in [1.82, 2.24) is 9.55 Å². The number of carbonyl (C=O) groups is 1. The van der Waals surface area contributed by atoms with Crippen molar-refractivity contribution in [3.63, 3.8) is 0 Å². The van der Waals surface area contributed by atoms with Crippen LogP contribution in [0.2, 0.25) is 0 Å². The SMILES string of the molecule is Cn1c(-c2ccc(C(N)=O)nc2)c(C#N)c2ccccc21. The van der Waals surface area contributed by atoms with Gasteiger partial charge in [0.25, 0.3) is 5.91 Å². The van der Waals surface area contributed by atoms with Crippen LogP contribution in [-0.4, -0.2) is 15.5 Å². The van der Waals surface area contributed by atoms with Crippen LogP contribution in [0.4, 0.5) is 0 Å². The molecule has 0 unspecified atom stereocenters. The fraction of sp³-hybridized carbons (Fsp3) is 0.0625. The smallest absolute Gasteiger partial charge is 0.267 e. The van der Waals surface area contributed by atoms with Crippen molar-refractivity contribution >= 4 is 16.8 Å². The summed E-state index contributed by atoms with van der Waals surface area (Å²) in [6, 6.07) is 13.3. The van der Waals surface area contributed by atoms with E-state index in [-0.39, 0.29) is 5.69 Å². The van der Waals surface area contributed by atoms with E-state index in [0.29, 0.717) is 5.56 Å². The van der Waals surface area contributed by atoms with Crippen LogP contribution in [-0.2, 0) is 7.05 Å². The second-order valence-electron chi connectivity index (χ2n) is 4.71. The summed E-state index contributed by atoms with van der Waals surface area (Å²) in [7, 11) is 1.90. The number of para-hydroxylation sites is 1. The third-order valence-corrected chi connectivity index (χ3v) is 3.51. The maximum atomic E-state index is 11.1. The number of aromatic nitrogens is 2. The van der Waals surface area contributed by atoms with Gasteiger partial charge in [-0.1, -0.05) is 18.2 Å². The zero-order valence-electron chi connectivity index (χ0n) is 11.4. The molecule has 3 aromatic rings. The van der Waals surface area contributed by atoms with Crippen molar-refractivity contribution in [2.45, 2.75) is 0 Å². The molecule has 1 amide bonds. The standard InChI is InChI=1S/C16H12N4O/c1-20-14-5-3-2-4-11(14)12(8-17)15(20)10-6-7-13(16(18)21)19-9-10/h2-7,9H,1H3,(H2,18,21). The molecule has 2 N–H and O–H groups in total. The highest BCUT2D eigenvalue weighted by Crippen LogP contribution is 2.31. The van der Waals surface area contributed by atoms with Crippen LogP contribution in [0.25, 0.3) is 22.2 Å². The number of amides is 1. The Labute approximate surface area is 121 Å². The van der Waals surface area contributed by atoms with Gasteiger partial charge in [0.2, 0.25) is 0 Å². The van der Waals surface area contributed by atoms with Gasteiger partial charge in [0.05, 0.1) is 11.3 Å². The number of hydrogen-bond donors (Lipinski definition) is 1. The molecule has 3 rings (SSSR count). The van der Waals surface area contributed by atoms with Gasteiger partial charge in [-0.05, 0) is 18.2 Å². The molecule has 0 saturated carbocycles. The van der Waals surface area contributed by atoms with E-state index in [4.69, 9.17) is 5.73 Å². The number of nitriles is 1. The van der Waals surface area contributed by atoms with Crippen molar-refractivity contribution in [2.24, 2.45) is 12.8 Å². The maximum absolute atomic E-state index is 11.1. The van der Waals surface area contributed by atoms with E-state index in [0.717, 1.165) is 22.2 Å². The first-order chi connectivity index (χ1) is 10.1. The van der Waals surface area contributed by atoms with E-state index < -0.39 is 5.91 Å². The van der Waals surface area contributed by atoms with Crippen LogP contribution >= 0.6 is 0 Å². The molecule has 0 aliphatic heterocycles. The monoisotopic (exact) mass is 276 g/mol. The van der Waals surface area contributed by atoms with E-state index in [1.165, 1.54) is 0 Å². The summed E-state index contributed by atoms with van der Waals surface area (Å²) in [6.07, 6.45) is 1.56. The number of nitrogens with two attached hydrogens (primary N) is 1. The zero-order chi connectivity index (χ0) is 15.0. The van der Waals surface area contributed by atoms with Gasteiger partial charge in [0, 0.05) is 29.7 Å². The van der Waals surface area contributed by atoms with Crippen molar-refractivity contribution < 1.29 is 4.79 Å². The van der Waals surface area contributed by atoms with Gasteiger partial charge in [-0.15, -0.1) is 0 Å². The lowest BCUT2D eigenvalue weighted by Crippen LogP contribution is -2.12. The fourth-order valence-electron chi connectivity index (χ4n) is 2.52. The van der Waals surface area contributed by atoms with Crippen molar-refractivity contribution in [3.05, 3.63) is 53.9 Å². The van der Waals surface area contributed by atoms with Gasteiger partial charge in [-0.25, -0.2) is 0 Å². The molecule has 0 spiro atoms. The van der Waals surface area contributed by atoms with Gasteiger partial charge in [-0.2, -0.15) is 5.26 Å². The summed E-state index contributed by atoms with van der Waals surface area (Å²) < 4.78 is 1.95. The molecule has 0 fully saturated rings. The summed E-state index contributed by atoms with van der Waals surface area (Å²) in [6.45, 7) is 0. The molecule has 2 aromatic heterocycles. The highest BCUT2D eigenvalue weighted by atomic mass is 16.1. The Hall–Kier alpha value is -3.13. The van der Waals surface area contributed by atoms with Crippen LogP contribution < -0.4 is 5.73 Å². The lowest BCUT2D eigenvalue weighted by Gasteiger charge is -2.05. The minimum atomic E-state index is -0.570. The number of nitrogens with zero attached hydrogens (tertiary/aromatic N) is 3. The number of carbonyl (C=O) groups excluding carboxylic acids is 1. The Balaban J connectivity index is 2.27. The number of pyridine rings is 1. The van der Waals surface area contributed by atoms with Crippen molar-refractivity contribution in [1.29, 1.82) is 5.26 Å². The molecular formula is C16H12N4O. The second kappa shape index (κ2) is 4.76. The molecule has 1 aromatic carbocycles. The number of aryl methyl sites for hydroxylation is 1. The van der Waals surface area contributed by atoms with Crippen molar-refractivity contribution in [2.75, 3.05) is 0 Å². The van der Waals surface area contributed by atoms with Gasteiger partial charge in [0.15, 0.2) is 0 Å². The molecule has 5 heteroatoms. The highest BCUT2D eigenvalue weighted by Gasteiger charge is 2.16. The third-order valence-electron chi connectivity index (χ3n) is 3.51. The lowest BCUT2D eigenvalue weighted by molar-refractivity contribution is 0.0995. The Kier molecular flexibility index (Phi) is 2.92. The number of hydrogen-bond acceptors (Lipinski definition) is 3. The average Bonchev–Trinajstić information content (AvgIpc) is 2.80. The van der Waals surface area contributed by atoms with Gasteiger partial charge < -0.3 is 10.3 Å². The molecule has 0 atom stereocenters. The second-order valence-corrected chi connectivity index (χ2v) is 4.71. The number of primary amides is 1. The van der Waals surface area contributed by atoms with E-state index in [9.17, 15) is 10.1 Å². The van der Waals surface area contributed by atoms with Crippen molar-refractivity contribution in [3.8, 4) is 17.3 Å². The fourth-order valence-corrected chi connectivity index (χ4v) is 2.52. The van der Waals surface area contributed by atoms with Gasteiger partial charge >= 0.3 is 0 Å². The number of fused-ring (bicyclic) bond motifs is 1. The quantitative estimate of drug-likeness (QED) is 0.778. The van der Waals surface area contributed by atoms with Crippen LogP contribution in [0.15, 0.2) is 42.6 Å². The largest absolute Gasteiger partial charge is 0.364 e. The predicted molar refractivity (Wildman–Crippen MR) is 79.4 cm³/mol. The van der Waals surface area contributed by atoms with Gasteiger partial charge in [0.1, 0.15) is 11.8 Å². The summed E-state index contributed by atoms with van der Waals surface area (Å²) >= 11 is 0. The molecule has 2 heterocycles. The topological polar surface area (TPSA) is 84.7 Å². The Morgan fingerprint density at radius 2 is 2.05 bits per heavy atom. The first-order valence-electron chi connectivity index (χ1n) is 6.37. The first kappa shape index (κ1) is 12.9. The summed E-state index contributed by atoms with van der Waals surface area (Å²) in [5.74, 6) is -0.570. The lowest BCUT2D eigenvalue weighted by atomic mass is 10.1. The van der Waals surface area contributed by atoms with E-state index in [1.807, 2.05) is 35.9 Å². The molecule has 0 aliphatic carbocycles. The third kappa shape index (κ3) is 1.94. The van der Waals surface area contributed by atoms with Crippen LogP contribution in [0.1, 0.15) is 16.1 Å². The zero-order valence-corrected chi connectivity index (χ0v) is 11.4. The summed E-state index contributed by atoms with van der Waals surface area (Å²) in [5, 5.41) is 10.4. The molecule has 0 radical (unpaired) electrons. The Bertz CT molecular complexity index is 885. The molecular weight excluding hydrogens is 264 g/mol. The molecule has 0 saturated heterocycles. The maximum Gasteiger partial charge on any atom is 0.267 e. The molecule has 0 aliphatic rings. The van der Waals surface area contributed by atoms with E-state index in [1.54, 1.807) is 18.3 Å². The Morgan fingerprint density at radius 3 is 2.67 bits per heavy atom. The first-order valence-corrected chi connectivity index (χ1v) is 6.37. The summed E-state index contributed by atoms with van der Waals surface area (Å²) in [5.41, 5.74) is 8.52. The van der Waals surface area contributed by atoms with E-state index >= 15 is 0 Å². The van der Waals surface area contributed by atoms with E-state index in [2.05, 4.69) is 11.1 Å². The minimum absolute atomic E-state index is 0.205. The normalized spacial score (nSPS) is 10.5. The molecule has 21 heavy (non-hydrogen) atoms.